The van der Waals surface area contributed by atoms with E-state index in [2.05, 4.69) is 82.2 Å². The summed E-state index contributed by atoms with van der Waals surface area (Å²) in [6.45, 7) is 18.3. The van der Waals surface area contributed by atoms with E-state index in [4.69, 9.17) is 0 Å². The quantitative estimate of drug-likeness (QED) is 0.283. The van der Waals surface area contributed by atoms with Gasteiger partial charge in [-0.05, 0) is 45.2 Å². The molecule has 1 aromatic rings. The van der Waals surface area contributed by atoms with E-state index in [9.17, 15) is 4.79 Å². The Bertz CT molecular complexity index is 418. The molecule has 0 heterocycles. The van der Waals surface area contributed by atoms with Crippen molar-refractivity contribution in [1.29, 1.82) is 0 Å². The Morgan fingerprint density at radius 2 is 1.87 bits per heavy atom. The zero-order valence-electron chi connectivity index (χ0n) is 15.2. The molecule has 0 aliphatic carbocycles. The van der Waals surface area contributed by atoms with Crippen molar-refractivity contribution in [2.75, 3.05) is 0 Å². The number of carbonyl (C=O) groups excluding carboxylic acids is 1. The largest absolute Gasteiger partial charge is 1.00 e. The zero-order chi connectivity index (χ0) is 17.8. The fourth-order valence-electron chi connectivity index (χ4n) is 1.23. The van der Waals surface area contributed by atoms with Gasteiger partial charge in [0.15, 0.2) is 0 Å². The van der Waals surface area contributed by atoms with Crippen molar-refractivity contribution < 1.29 is 28.4 Å². The van der Waals surface area contributed by atoms with Crippen molar-refractivity contribution in [1.82, 2.24) is 0 Å². The summed E-state index contributed by atoms with van der Waals surface area (Å²) in [6.07, 6.45) is 2.03. The van der Waals surface area contributed by atoms with E-state index in [0.717, 1.165) is 12.8 Å². The predicted molar refractivity (Wildman–Crippen MR) is 108 cm³/mol. The van der Waals surface area contributed by atoms with Crippen LogP contribution in [0.4, 0.5) is 0 Å². The van der Waals surface area contributed by atoms with Crippen LogP contribution in [0.15, 0.2) is 22.7 Å². The van der Waals surface area contributed by atoms with Gasteiger partial charge in [0.2, 0.25) is 0 Å². The molecule has 0 aromatic heterocycles. The van der Waals surface area contributed by atoms with Crippen LogP contribution < -0.4 is 18.9 Å². The van der Waals surface area contributed by atoms with Gasteiger partial charge >= 0.3 is 18.9 Å². The molecular weight excluding hydrogens is 462 g/mol. The van der Waals surface area contributed by atoms with Crippen LogP contribution in [0.3, 0.4) is 0 Å². The summed E-state index contributed by atoms with van der Waals surface area (Å²) in [7, 11) is 0. The number of halogens is 2. The Morgan fingerprint density at radius 3 is 2.17 bits per heavy atom. The van der Waals surface area contributed by atoms with Gasteiger partial charge in [-0.2, -0.15) is 6.42 Å². The van der Waals surface area contributed by atoms with Crippen molar-refractivity contribution in [3.05, 3.63) is 47.6 Å². The molecular formula is C18H27BrILiO2-2. The van der Waals surface area contributed by atoms with E-state index in [1.54, 1.807) is 20.8 Å². The maximum absolute atomic E-state index is 9.47. The molecule has 2 nitrogen and oxygen atoms in total. The number of aryl methyl sites for hydroxylation is 1. The van der Waals surface area contributed by atoms with Gasteiger partial charge in [0.05, 0.1) is 5.60 Å². The Balaban J connectivity index is -0.000000313. The molecule has 0 unspecified atom stereocenters. The SMILES string of the molecule is CC(C)(C)O[C-]=O.[CH2-]CC.[CH2-][C@@H](I)Cc1cccc(C)c1Br.[Li+]. The molecule has 128 valence electrons. The van der Waals surface area contributed by atoms with Crippen molar-refractivity contribution >= 4 is 45.0 Å². The molecule has 1 atom stereocenters. The van der Waals surface area contributed by atoms with Crippen molar-refractivity contribution in [3.8, 4) is 0 Å². The summed E-state index contributed by atoms with van der Waals surface area (Å²) in [5.74, 6) is 0. The van der Waals surface area contributed by atoms with E-state index in [-0.39, 0.29) is 24.5 Å². The first kappa shape index (κ1) is 28.3. The second-order valence-corrected chi connectivity index (χ2v) is 8.20. The molecule has 0 aliphatic rings. The molecule has 5 heteroatoms. The maximum atomic E-state index is 9.47. The number of ether oxygens (including phenoxy) is 1. The molecule has 0 spiro atoms. The van der Waals surface area contributed by atoms with Gasteiger partial charge in [-0.3, -0.25) is 0 Å². The molecule has 23 heavy (non-hydrogen) atoms. The van der Waals surface area contributed by atoms with Gasteiger partial charge in [-0.1, -0.05) is 47.5 Å². The normalized spacial score (nSPS) is 10.8. The molecule has 0 saturated carbocycles. The fraction of sp³-hybridized carbons (Fsp3) is 0.500. The Labute approximate surface area is 177 Å². The first-order chi connectivity index (χ1) is 10.1. The Hall–Kier alpha value is 0.497. The van der Waals surface area contributed by atoms with E-state index in [1.165, 1.54) is 22.1 Å². The molecule has 0 saturated heterocycles. The third kappa shape index (κ3) is 18.7. The monoisotopic (exact) mass is 488 g/mol. The fourth-order valence-corrected chi connectivity index (χ4v) is 2.13. The average Bonchev–Trinajstić information content (AvgIpc) is 2.35. The van der Waals surface area contributed by atoms with Crippen LogP contribution in [0.1, 0.15) is 45.2 Å². The number of alkyl halides is 1. The zero-order valence-corrected chi connectivity index (χ0v) is 19.0. The molecule has 1 rings (SSSR count). The number of rotatable bonds is 3. The number of hydrogen-bond acceptors (Lipinski definition) is 2. The molecule has 0 aliphatic heterocycles. The summed E-state index contributed by atoms with van der Waals surface area (Å²) < 4.78 is 6.10. The minimum absolute atomic E-state index is 0. The summed E-state index contributed by atoms with van der Waals surface area (Å²) in [6, 6.07) is 6.35. The number of benzene rings is 1. The van der Waals surface area contributed by atoms with Gasteiger partial charge in [0.1, 0.15) is 0 Å². The minimum atomic E-state index is -0.373. The number of hydrogen-bond donors (Lipinski definition) is 0. The topological polar surface area (TPSA) is 26.3 Å². The third-order valence-corrected chi connectivity index (χ3v) is 3.64. The van der Waals surface area contributed by atoms with Gasteiger partial charge in [-0.25, -0.2) is 0 Å². The van der Waals surface area contributed by atoms with E-state index in [1.807, 2.05) is 6.92 Å². The Morgan fingerprint density at radius 1 is 1.39 bits per heavy atom. The van der Waals surface area contributed by atoms with Gasteiger partial charge in [0, 0.05) is 4.47 Å². The van der Waals surface area contributed by atoms with Crippen molar-refractivity contribution in [2.24, 2.45) is 0 Å². The second-order valence-electron chi connectivity index (χ2n) is 5.65. The van der Waals surface area contributed by atoms with Crippen LogP contribution in [-0.4, -0.2) is 16.0 Å². The predicted octanol–water partition coefficient (Wildman–Crippen LogP) is 3.04. The maximum Gasteiger partial charge on any atom is 1.00 e. The third-order valence-electron chi connectivity index (χ3n) is 2.06. The summed E-state index contributed by atoms with van der Waals surface area (Å²) in [5, 5.41) is 0. The van der Waals surface area contributed by atoms with Gasteiger partial charge in [0.25, 0.3) is 0 Å². The summed E-state index contributed by atoms with van der Waals surface area (Å²) in [4.78, 5) is 9.47. The summed E-state index contributed by atoms with van der Waals surface area (Å²) >= 11 is 5.92. The molecule has 0 N–H and O–H groups in total. The van der Waals surface area contributed by atoms with E-state index < -0.39 is 0 Å². The second kappa shape index (κ2) is 16.0. The van der Waals surface area contributed by atoms with Crippen LogP contribution in [0, 0.1) is 20.8 Å². The minimum Gasteiger partial charge on any atom is -0.649 e. The smallest absolute Gasteiger partial charge is 0.649 e. The van der Waals surface area contributed by atoms with Crippen LogP contribution in [-0.2, 0) is 16.0 Å². The van der Waals surface area contributed by atoms with E-state index >= 15 is 0 Å². The van der Waals surface area contributed by atoms with Crippen LogP contribution in [0.25, 0.3) is 0 Å². The van der Waals surface area contributed by atoms with Crippen molar-refractivity contribution in [2.45, 2.75) is 57.0 Å². The first-order valence-electron chi connectivity index (χ1n) is 7.14. The molecule has 1 aromatic carbocycles. The van der Waals surface area contributed by atoms with Crippen LogP contribution in [0.5, 0.6) is 0 Å². The Kier molecular flexibility index (Phi) is 19.7. The van der Waals surface area contributed by atoms with E-state index in [0.29, 0.717) is 3.92 Å². The molecule has 0 bridgehead atoms. The van der Waals surface area contributed by atoms with Crippen LogP contribution in [0.2, 0.25) is 0 Å². The van der Waals surface area contributed by atoms with Crippen LogP contribution >= 0.6 is 38.5 Å². The average molecular weight is 489 g/mol. The molecule has 0 amide bonds. The first-order valence-corrected chi connectivity index (χ1v) is 9.18. The summed E-state index contributed by atoms with van der Waals surface area (Å²) in [5.41, 5.74) is 2.27. The van der Waals surface area contributed by atoms with Crippen molar-refractivity contribution in [3.63, 3.8) is 0 Å². The van der Waals surface area contributed by atoms with Gasteiger partial charge in [-0.15, -0.1) is 26.5 Å². The van der Waals surface area contributed by atoms with Gasteiger partial charge < -0.3 is 23.4 Å². The molecule has 0 radical (unpaired) electrons. The molecule has 0 fully saturated rings. The standard InChI is InChI=1S/C10H11BrI.C5H9O2.C3H7.Li/c1-7-4-3-5-9(10(7)11)6-8(2)12;1-5(2,3)7-4-6;1-3-2;/h3-5,8H,2,6H2,1H3;1-3H3;1,3H2,2H3;/q3*-1;+1/t8-;;;/m1.../s1.